The molecule has 9 N–H and O–H groups in total. The van der Waals surface area contributed by atoms with Crippen molar-refractivity contribution < 1.29 is 64.6 Å². The molecule has 0 bridgehead atoms. The van der Waals surface area contributed by atoms with Crippen molar-refractivity contribution in [2.45, 2.75) is 286 Å². The Bertz CT molecular complexity index is 1220. The molecule has 2 aliphatic rings. The first kappa shape index (κ1) is 61.6. The van der Waals surface area contributed by atoms with Crippen LogP contribution < -0.4 is 5.32 Å². The fourth-order valence-corrected chi connectivity index (χ4v) is 8.97. The Morgan fingerprint density at radius 1 is 0.537 bits per heavy atom. The molecule has 2 rings (SSSR count). The van der Waals surface area contributed by atoms with E-state index in [-0.39, 0.29) is 12.5 Å². The molecule has 2 aliphatic heterocycles. The molecule has 14 heteroatoms. The lowest BCUT2D eigenvalue weighted by Gasteiger charge is -2.46. The van der Waals surface area contributed by atoms with Crippen molar-refractivity contribution in [2.75, 3.05) is 19.8 Å². The molecule has 0 aliphatic carbocycles. The Hall–Kier alpha value is -1.53. The average Bonchev–Trinajstić information content (AvgIpc) is 3.32. The largest absolute Gasteiger partial charge is 0.394 e. The van der Waals surface area contributed by atoms with Crippen molar-refractivity contribution in [3.8, 4) is 0 Å². The second-order valence-electron chi connectivity index (χ2n) is 19.4. The monoisotopic (exact) mass is 958 g/mol. The van der Waals surface area contributed by atoms with Crippen LogP contribution in [0.4, 0.5) is 0 Å². The molecule has 0 aromatic carbocycles. The number of rotatable bonds is 42. The smallest absolute Gasteiger partial charge is 0.220 e. The molecular formula is C53H99NO13. The zero-order chi connectivity index (χ0) is 48.9. The molecular weight excluding hydrogens is 859 g/mol. The van der Waals surface area contributed by atoms with Crippen LogP contribution in [-0.4, -0.2) is 140 Å². The van der Waals surface area contributed by atoms with Gasteiger partial charge in [0.25, 0.3) is 0 Å². The average molecular weight is 958 g/mol. The number of hydrogen-bond acceptors (Lipinski definition) is 13. The standard InChI is InChI=1S/C53H99NO13/c1-3-5-7-9-11-13-15-17-19-20-21-22-23-25-27-29-31-33-35-37-45(58)54-41(42(57)36-34-32-30-28-26-24-18-16-14-12-10-8-6-4-2)40-64-52-50(63)48(61)51(44(39-56)66-52)67-53-49(62)47(60)46(59)43(38-55)65-53/h11,13,17,19,41-44,46-53,55-57,59-63H,3-10,12,14-16,18,20-40H2,1-2H3,(H,54,58)/b13-11-,19-17-. The highest BCUT2D eigenvalue weighted by Crippen LogP contribution is 2.30. The predicted molar refractivity (Wildman–Crippen MR) is 263 cm³/mol. The van der Waals surface area contributed by atoms with Gasteiger partial charge in [0, 0.05) is 6.42 Å². The van der Waals surface area contributed by atoms with E-state index in [1.807, 2.05) is 0 Å². The lowest BCUT2D eigenvalue weighted by molar-refractivity contribution is -0.359. The number of unbranched alkanes of at least 4 members (excludes halogenated alkanes) is 25. The van der Waals surface area contributed by atoms with Crippen LogP contribution in [0, 0.1) is 0 Å². The summed E-state index contributed by atoms with van der Waals surface area (Å²) < 4.78 is 22.8. The summed E-state index contributed by atoms with van der Waals surface area (Å²) in [5.74, 6) is -0.211. The van der Waals surface area contributed by atoms with Gasteiger partial charge in [-0.25, -0.2) is 0 Å². The molecule has 0 spiro atoms. The van der Waals surface area contributed by atoms with Crippen molar-refractivity contribution in [1.29, 1.82) is 0 Å². The van der Waals surface area contributed by atoms with E-state index in [2.05, 4.69) is 43.5 Å². The van der Waals surface area contributed by atoms with E-state index in [0.717, 1.165) is 64.2 Å². The number of amides is 1. The zero-order valence-electron chi connectivity index (χ0n) is 41.9. The van der Waals surface area contributed by atoms with Crippen LogP contribution in [0.15, 0.2) is 24.3 Å². The van der Waals surface area contributed by atoms with Crippen molar-refractivity contribution >= 4 is 5.91 Å². The van der Waals surface area contributed by atoms with Gasteiger partial charge in [-0.15, -0.1) is 0 Å². The second kappa shape index (κ2) is 40.1. The molecule has 2 heterocycles. The van der Waals surface area contributed by atoms with Gasteiger partial charge >= 0.3 is 0 Å². The number of aliphatic hydroxyl groups is 8. The normalized spacial score (nSPS) is 26.7. The summed E-state index contributed by atoms with van der Waals surface area (Å²) >= 11 is 0. The molecule has 1 amide bonds. The Labute approximate surface area is 405 Å². The molecule has 67 heavy (non-hydrogen) atoms. The molecule has 0 saturated carbocycles. The maximum Gasteiger partial charge on any atom is 0.220 e. The molecule has 394 valence electrons. The van der Waals surface area contributed by atoms with E-state index in [4.69, 9.17) is 18.9 Å². The van der Waals surface area contributed by atoms with Gasteiger partial charge in [-0.05, 0) is 44.9 Å². The molecule has 0 radical (unpaired) electrons. The highest BCUT2D eigenvalue weighted by molar-refractivity contribution is 5.76. The van der Waals surface area contributed by atoms with E-state index in [0.29, 0.717) is 12.8 Å². The number of aliphatic hydroxyl groups excluding tert-OH is 8. The third-order valence-electron chi connectivity index (χ3n) is 13.4. The Morgan fingerprint density at radius 3 is 1.52 bits per heavy atom. The van der Waals surface area contributed by atoms with Crippen LogP contribution in [0.2, 0.25) is 0 Å². The Kier molecular flexibility index (Phi) is 36.9. The van der Waals surface area contributed by atoms with Crippen LogP contribution in [-0.2, 0) is 23.7 Å². The van der Waals surface area contributed by atoms with Crippen LogP contribution in [0.1, 0.15) is 213 Å². The third-order valence-corrected chi connectivity index (χ3v) is 13.4. The summed E-state index contributed by atoms with van der Waals surface area (Å²) in [6.07, 6.45) is 27.4. The van der Waals surface area contributed by atoms with Gasteiger partial charge in [0.1, 0.15) is 48.8 Å². The summed E-state index contributed by atoms with van der Waals surface area (Å²) in [5.41, 5.74) is 0. The summed E-state index contributed by atoms with van der Waals surface area (Å²) in [5, 5.41) is 87.0. The van der Waals surface area contributed by atoms with Crippen molar-refractivity contribution in [3.05, 3.63) is 24.3 Å². The van der Waals surface area contributed by atoms with E-state index in [1.54, 1.807) is 0 Å². The summed E-state index contributed by atoms with van der Waals surface area (Å²) in [6, 6.07) is -0.828. The SMILES string of the molecule is CCCCC/C=C\C/C=C\CCCCCCCCCCCC(=O)NC(COC1OC(CO)C(OC2OC(CO)C(O)C(O)C2O)C(O)C1O)C(O)CCCCCCCCCCCCCCCC. The number of hydrogen-bond donors (Lipinski definition) is 9. The number of carbonyl (C=O) groups is 1. The third kappa shape index (κ3) is 27.0. The topological polar surface area (TPSA) is 228 Å². The Balaban J connectivity index is 1.80. The molecule has 0 aromatic heterocycles. The van der Waals surface area contributed by atoms with Gasteiger partial charge < -0.3 is 65.1 Å². The van der Waals surface area contributed by atoms with Gasteiger partial charge in [0.2, 0.25) is 5.91 Å². The lowest BCUT2D eigenvalue weighted by Crippen LogP contribution is -2.65. The molecule has 0 aromatic rings. The van der Waals surface area contributed by atoms with Gasteiger partial charge in [-0.1, -0.05) is 186 Å². The van der Waals surface area contributed by atoms with Crippen LogP contribution in [0.25, 0.3) is 0 Å². The number of allylic oxidation sites excluding steroid dienone is 4. The quantitative estimate of drug-likeness (QED) is 0.0211. The Morgan fingerprint density at radius 2 is 0.985 bits per heavy atom. The fourth-order valence-electron chi connectivity index (χ4n) is 8.97. The van der Waals surface area contributed by atoms with Crippen LogP contribution in [0.3, 0.4) is 0 Å². The maximum absolute atomic E-state index is 13.2. The van der Waals surface area contributed by atoms with Crippen molar-refractivity contribution in [1.82, 2.24) is 5.32 Å². The first-order valence-electron chi connectivity index (χ1n) is 27.1. The van der Waals surface area contributed by atoms with Crippen molar-refractivity contribution in [2.24, 2.45) is 0 Å². The minimum atomic E-state index is -1.78. The van der Waals surface area contributed by atoms with Crippen molar-refractivity contribution in [3.63, 3.8) is 0 Å². The first-order chi connectivity index (χ1) is 32.6. The molecule has 12 atom stereocenters. The van der Waals surface area contributed by atoms with E-state index in [1.165, 1.54) is 122 Å². The number of nitrogens with one attached hydrogen (secondary N) is 1. The summed E-state index contributed by atoms with van der Waals surface area (Å²) in [6.45, 7) is 2.83. The van der Waals surface area contributed by atoms with E-state index in [9.17, 15) is 45.6 Å². The molecule has 2 fully saturated rings. The molecule has 12 unspecified atom stereocenters. The number of ether oxygens (including phenoxy) is 4. The first-order valence-corrected chi connectivity index (χ1v) is 27.1. The van der Waals surface area contributed by atoms with Gasteiger partial charge in [-0.3, -0.25) is 4.79 Å². The van der Waals surface area contributed by atoms with Gasteiger partial charge in [-0.2, -0.15) is 0 Å². The minimum absolute atomic E-state index is 0.211. The molecule has 14 nitrogen and oxygen atoms in total. The summed E-state index contributed by atoms with van der Waals surface area (Å²) in [7, 11) is 0. The van der Waals surface area contributed by atoms with Gasteiger partial charge in [0.15, 0.2) is 12.6 Å². The van der Waals surface area contributed by atoms with Crippen LogP contribution in [0.5, 0.6) is 0 Å². The van der Waals surface area contributed by atoms with E-state index < -0.39 is 86.8 Å². The van der Waals surface area contributed by atoms with Gasteiger partial charge in [0.05, 0.1) is 32.0 Å². The second-order valence-corrected chi connectivity index (χ2v) is 19.4. The highest BCUT2D eigenvalue weighted by Gasteiger charge is 2.51. The zero-order valence-corrected chi connectivity index (χ0v) is 41.9. The van der Waals surface area contributed by atoms with Crippen LogP contribution >= 0.6 is 0 Å². The maximum atomic E-state index is 13.2. The minimum Gasteiger partial charge on any atom is -0.394 e. The van der Waals surface area contributed by atoms with E-state index >= 15 is 0 Å². The summed E-state index contributed by atoms with van der Waals surface area (Å²) in [4.78, 5) is 13.2. The number of carbonyl (C=O) groups excluding carboxylic acids is 1. The fraction of sp³-hybridized carbons (Fsp3) is 0.906. The molecule has 2 saturated heterocycles. The lowest BCUT2D eigenvalue weighted by atomic mass is 9.97. The highest BCUT2D eigenvalue weighted by atomic mass is 16.7. The predicted octanol–water partition coefficient (Wildman–Crippen LogP) is 7.72.